The number of rotatable bonds is 5. The molecule has 1 saturated heterocycles. The maximum absolute atomic E-state index is 12.7. The van der Waals surface area contributed by atoms with E-state index in [0.29, 0.717) is 12.3 Å². The minimum absolute atomic E-state index is 0.0777. The second-order valence-corrected chi connectivity index (χ2v) is 6.79. The number of hydrogen-bond donors (Lipinski definition) is 2. The van der Waals surface area contributed by atoms with Gasteiger partial charge in [-0.15, -0.1) is 0 Å². The number of nitrogens with one attached hydrogen (secondary N) is 1. The van der Waals surface area contributed by atoms with Crippen LogP contribution in [0.15, 0.2) is 45.9 Å². The Hall–Kier alpha value is -2.59. The molecule has 28 heavy (non-hydrogen) atoms. The fourth-order valence-electron chi connectivity index (χ4n) is 2.95. The van der Waals surface area contributed by atoms with Gasteiger partial charge in [0.25, 0.3) is 0 Å². The monoisotopic (exact) mass is 411 g/mol. The van der Waals surface area contributed by atoms with Gasteiger partial charge in [0.05, 0.1) is 18.3 Å². The molecule has 10 heteroatoms. The molecule has 1 aliphatic rings. The van der Waals surface area contributed by atoms with E-state index in [4.69, 9.17) is 10.2 Å². The highest BCUT2D eigenvalue weighted by Crippen LogP contribution is 2.30. The van der Waals surface area contributed by atoms with Gasteiger partial charge in [0.1, 0.15) is 11.5 Å². The zero-order chi connectivity index (χ0) is 20.1. The van der Waals surface area contributed by atoms with E-state index in [1.54, 1.807) is 6.07 Å². The summed E-state index contributed by atoms with van der Waals surface area (Å²) in [6.45, 7) is 3.69. The first-order chi connectivity index (χ1) is 13.3. The summed E-state index contributed by atoms with van der Waals surface area (Å²) in [5.74, 6) is 1.39. The van der Waals surface area contributed by atoms with Crippen molar-refractivity contribution in [3.8, 4) is 0 Å². The Kier molecular flexibility index (Phi) is 6.20. The summed E-state index contributed by atoms with van der Waals surface area (Å²) in [4.78, 5) is 4.31. The van der Waals surface area contributed by atoms with Gasteiger partial charge in [0, 0.05) is 31.9 Å². The number of piperazine rings is 1. The molecule has 1 aromatic carbocycles. The summed E-state index contributed by atoms with van der Waals surface area (Å²) in [6.07, 6.45) is -2.82. The smallest absolute Gasteiger partial charge is 0.416 e. The molecule has 3 N–H and O–H groups in total. The summed E-state index contributed by atoms with van der Waals surface area (Å²) >= 11 is 4.65. The van der Waals surface area contributed by atoms with Crippen LogP contribution in [0, 0.1) is 0 Å². The average Bonchev–Trinajstić information content (AvgIpc) is 3.09. The van der Waals surface area contributed by atoms with Crippen molar-refractivity contribution in [1.29, 1.82) is 0 Å². The van der Waals surface area contributed by atoms with Crippen molar-refractivity contribution in [2.75, 3.05) is 31.1 Å². The van der Waals surface area contributed by atoms with E-state index in [2.05, 4.69) is 32.5 Å². The average molecular weight is 411 g/mol. The molecule has 0 atom stereocenters. The van der Waals surface area contributed by atoms with Crippen molar-refractivity contribution in [1.82, 2.24) is 10.3 Å². The minimum atomic E-state index is -4.31. The number of hydrazone groups is 1. The summed E-state index contributed by atoms with van der Waals surface area (Å²) in [5.41, 5.74) is 7.91. The first kappa shape index (κ1) is 20.2. The SMILES string of the molecule is NC(=S)NN=Cc1ccc(CN2CCN(c3ccc(C(F)(F)F)cc3)CC2)o1. The van der Waals surface area contributed by atoms with Gasteiger partial charge in [0.2, 0.25) is 0 Å². The quantitative estimate of drug-likeness (QED) is 0.448. The van der Waals surface area contributed by atoms with E-state index in [1.165, 1.54) is 18.3 Å². The Morgan fingerprint density at radius 2 is 1.82 bits per heavy atom. The number of anilines is 1. The number of nitrogens with two attached hydrogens (primary N) is 1. The Morgan fingerprint density at radius 1 is 1.14 bits per heavy atom. The number of benzene rings is 1. The number of alkyl halides is 3. The largest absolute Gasteiger partial charge is 0.459 e. The second-order valence-electron chi connectivity index (χ2n) is 6.35. The first-order valence-corrected chi connectivity index (χ1v) is 9.04. The van der Waals surface area contributed by atoms with Crippen LogP contribution in [0.2, 0.25) is 0 Å². The van der Waals surface area contributed by atoms with Crippen LogP contribution in [0.3, 0.4) is 0 Å². The van der Waals surface area contributed by atoms with Gasteiger partial charge in [0.15, 0.2) is 5.11 Å². The van der Waals surface area contributed by atoms with Crippen LogP contribution >= 0.6 is 12.2 Å². The third-order valence-corrected chi connectivity index (χ3v) is 4.45. The molecular formula is C18H20F3N5OS. The molecule has 2 aromatic rings. The van der Waals surface area contributed by atoms with E-state index in [0.717, 1.165) is 49.8 Å². The summed E-state index contributed by atoms with van der Waals surface area (Å²) in [5, 5.41) is 3.92. The van der Waals surface area contributed by atoms with Gasteiger partial charge in [-0.25, -0.2) is 0 Å². The molecule has 0 amide bonds. The Labute approximate surface area is 165 Å². The second kappa shape index (κ2) is 8.61. The standard InChI is InChI=1S/C18H20F3N5OS/c19-18(20,21)13-1-3-14(4-2-13)26-9-7-25(8-10-26)12-16-6-5-15(27-16)11-23-24-17(22)28/h1-6,11H,7-10,12H2,(H3,22,24,28). The number of halogens is 3. The molecule has 6 nitrogen and oxygen atoms in total. The van der Waals surface area contributed by atoms with Crippen LogP contribution in [0.1, 0.15) is 17.1 Å². The Balaban J connectivity index is 1.50. The molecule has 0 spiro atoms. The molecule has 2 heterocycles. The maximum Gasteiger partial charge on any atom is 0.416 e. The maximum atomic E-state index is 12.7. The molecule has 0 unspecified atom stereocenters. The molecule has 0 saturated carbocycles. The predicted molar refractivity (Wildman–Crippen MR) is 105 cm³/mol. The summed E-state index contributed by atoms with van der Waals surface area (Å²) in [7, 11) is 0. The van der Waals surface area contributed by atoms with Gasteiger partial charge in [-0.05, 0) is 48.6 Å². The topological polar surface area (TPSA) is 70.0 Å². The highest BCUT2D eigenvalue weighted by molar-refractivity contribution is 7.80. The van der Waals surface area contributed by atoms with Crippen LogP contribution in [-0.2, 0) is 12.7 Å². The van der Waals surface area contributed by atoms with Crippen LogP contribution in [0.5, 0.6) is 0 Å². The third-order valence-electron chi connectivity index (χ3n) is 4.36. The zero-order valence-electron chi connectivity index (χ0n) is 14.9. The fraction of sp³-hybridized carbons (Fsp3) is 0.333. The lowest BCUT2D eigenvalue weighted by Gasteiger charge is -2.35. The fourth-order valence-corrected chi connectivity index (χ4v) is 3.01. The molecule has 1 aliphatic heterocycles. The predicted octanol–water partition coefficient (Wildman–Crippen LogP) is 2.79. The van der Waals surface area contributed by atoms with Crippen LogP contribution < -0.4 is 16.1 Å². The van der Waals surface area contributed by atoms with Crippen molar-refractivity contribution in [3.63, 3.8) is 0 Å². The lowest BCUT2D eigenvalue weighted by molar-refractivity contribution is -0.137. The third kappa shape index (κ3) is 5.46. The van der Waals surface area contributed by atoms with Crippen LogP contribution in [0.4, 0.5) is 18.9 Å². The number of furan rings is 1. The van der Waals surface area contributed by atoms with E-state index in [9.17, 15) is 13.2 Å². The van der Waals surface area contributed by atoms with Gasteiger partial charge in [-0.3, -0.25) is 10.3 Å². The number of nitrogens with zero attached hydrogens (tertiary/aromatic N) is 3. The van der Waals surface area contributed by atoms with Crippen molar-refractivity contribution in [2.24, 2.45) is 10.8 Å². The van der Waals surface area contributed by atoms with Gasteiger partial charge in [-0.1, -0.05) is 0 Å². The van der Waals surface area contributed by atoms with Gasteiger partial charge < -0.3 is 15.1 Å². The first-order valence-electron chi connectivity index (χ1n) is 8.63. The zero-order valence-corrected chi connectivity index (χ0v) is 15.8. The van der Waals surface area contributed by atoms with Gasteiger partial charge >= 0.3 is 6.18 Å². The van der Waals surface area contributed by atoms with Crippen molar-refractivity contribution >= 4 is 29.2 Å². The van der Waals surface area contributed by atoms with Crippen molar-refractivity contribution in [2.45, 2.75) is 12.7 Å². The molecular weight excluding hydrogens is 391 g/mol. The number of thiocarbonyl (C=S) groups is 1. The van der Waals surface area contributed by atoms with E-state index < -0.39 is 11.7 Å². The molecule has 0 radical (unpaired) electrons. The molecule has 0 bridgehead atoms. The molecule has 1 fully saturated rings. The van der Waals surface area contributed by atoms with Crippen LogP contribution in [0.25, 0.3) is 0 Å². The van der Waals surface area contributed by atoms with Crippen LogP contribution in [-0.4, -0.2) is 42.4 Å². The van der Waals surface area contributed by atoms with E-state index in [-0.39, 0.29) is 5.11 Å². The summed E-state index contributed by atoms with van der Waals surface area (Å²) < 4.78 is 43.7. The highest BCUT2D eigenvalue weighted by atomic mass is 32.1. The normalized spacial score (nSPS) is 15.9. The lowest BCUT2D eigenvalue weighted by Crippen LogP contribution is -2.45. The van der Waals surface area contributed by atoms with E-state index in [1.807, 2.05) is 6.07 Å². The minimum Gasteiger partial charge on any atom is -0.459 e. The lowest BCUT2D eigenvalue weighted by atomic mass is 10.1. The Bertz CT molecular complexity index is 826. The van der Waals surface area contributed by atoms with Crippen molar-refractivity contribution in [3.05, 3.63) is 53.5 Å². The molecule has 3 rings (SSSR count). The summed E-state index contributed by atoms with van der Waals surface area (Å²) in [6, 6.07) is 8.98. The Morgan fingerprint density at radius 3 is 2.43 bits per heavy atom. The van der Waals surface area contributed by atoms with Gasteiger partial charge in [-0.2, -0.15) is 18.3 Å². The molecule has 1 aromatic heterocycles. The number of hydrogen-bond acceptors (Lipinski definition) is 5. The molecule has 0 aliphatic carbocycles. The van der Waals surface area contributed by atoms with E-state index >= 15 is 0 Å². The van der Waals surface area contributed by atoms with Crippen molar-refractivity contribution < 1.29 is 17.6 Å². The molecule has 150 valence electrons. The highest BCUT2D eigenvalue weighted by Gasteiger charge is 2.30.